The molecule has 1 N–H and O–H groups in total. The third kappa shape index (κ3) is 2.54. The van der Waals surface area contributed by atoms with Gasteiger partial charge in [-0.2, -0.15) is 0 Å². The zero-order chi connectivity index (χ0) is 15.8. The Kier molecular flexibility index (Phi) is 3.84. The van der Waals surface area contributed by atoms with Gasteiger partial charge in [0.2, 0.25) is 0 Å². The molecule has 23 heavy (non-hydrogen) atoms. The average Bonchev–Trinajstić information content (AvgIpc) is 3.26. The number of aromatic carboxylic acids is 1. The van der Waals surface area contributed by atoms with Crippen molar-refractivity contribution in [1.29, 1.82) is 0 Å². The van der Waals surface area contributed by atoms with E-state index in [0.717, 1.165) is 36.8 Å². The normalized spacial score (nSPS) is 19.7. The van der Waals surface area contributed by atoms with Gasteiger partial charge in [-0.3, -0.25) is 0 Å². The zero-order valence-electron chi connectivity index (χ0n) is 13.6. The molecule has 2 aromatic carbocycles. The monoisotopic (exact) mass is 308 g/mol. The lowest BCUT2D eigenvalue weighted by atomic mass is 9.81. The van der Waals surface area contributed by atoms with E-state index >= 15 is 0 Å². The molecule has 0 spiro atoms. The average molecular weight is 308 g/mol. The summed E-state index contributed by atoms with van der Waals surface area (Å²) >= 11 is 0. The summed E-state index contributed by atoms with van der Waals surface area (Å²) in [4.78, 5) is 12.2. The van der Waals surface area contributed by atoms with Crippen LogP contribution >= 0.6 is 0 Å². The van der Waals surface area contributed by atoms with Crippen molar-refractivity contribution in [3.05, 3.63) is 47.0 Å². The first kappa shape index (κ1) is 14.7. The molecule has 0 radical (unpaired) electrons. The highest BCUT2D eigenvalue weighted by Crippen LogP contribution is 2.44. The molecule has 2 nitrogen and oxygen atoms in total. The van der Waals surface area contributed by atoms with Gasteiger partial charge in [-0.1, -0.05) is 49.9 Å². The maximum Gasteiger partial charge on any atom is 0.336 e. The smallest absolute Gasteiger partial charge is 0.336 e. The quantitative estimate of drug-likeness (QED) is 0.771. The van der Waals surface area contributed by atoms with Crippen LogP contribution < -0.4 is 0 Å². The molecule has 2 aliphatic carbocycles. The van der Waals surface area contributed by atoms with Crippen LogP contribution in [-0.2, 0) is 0 Å². The molecule has 2 aliphatic rings. The van der Waals surface area contributed by atoms with Gasteiger partial charge < -0.3 is 5.11 Å². The van der Waals surface area contributed by atoms with Crippen molar-refractivity contribution >= 4 is 16.7 Å². The van der Waals surface area contributed by atoms with E-state index in [1.165, 1.54) is 36.5 Å². The lowest BCUT2D eigenvalue weighted by Crippen LogP contribution is -2.12. The fourth-order valence-electron chi connectivity index (χ4n) is 4.83. The number of rotatable bonds is 3. The number of benzene rings is 2. The van der Waals surface area contributed by atoms with Gasteiger partial charge in [0, 0.05) is 0 Å². The van der Waals surface area contributed by atoms with E-state index in [-0.39, 0.29) is 0 Å². The first-order valence-corrected chi connectivity index (χ1v) is 9.04. The molecular formula is C21H24O2. The molecule has 2 heteroatoms. The van der Waals surface area contributed by atoms with Crippen molar-refractivity contribution in [2.45, 2.75) is 63.2 Å². The van der Waals surface area contributed by atoms with Gasteiger partial charge in [0.05, 0.1) is 5.56 Å². The molecule has 0 aromatic heterocycles. The molecule has 0 bridgehead atoms. The van der Waals surface area contributed by atoms with E-state index in [1.807, 2.05) is 6.07 Å². The summed E-state index contributed by atoms with van der Waals surface area (Å²) in [5, 5.41) is 12.4. The zero-order valence-corrected chi connectivity index (χ0v) is 13.6. The second kappa shape index (κ2) is 5.99. The van der Waals surface area contributed by atoms with Gasteiger partial charge in [-0.15, -0.1) is 0 Å². The minimum atomic E-state index is -0.723. The van der Waals surface area contributed by atoms with E-state index < -0.39 is 5.97 Å². The van der Waals surface area contributed by atoms with E-state index in [9.17, 15) is 9.90 Å². The lowest BCUT2D eigenvalue weighted by Gasteiger charge is -2.22. The standard InChI is InChI=1S/C21H24O2/c22-21(23)20-18(14-7-1-2-8-14)13-16-11-5-6-12-17(16)19(20)15-9-3-4-10-15/h5-6,11-15H,1-4,7-10H2,(H,22,23). The summed E-state index contributed by atoms with van der Waals surface area (Å²) in [6.45, 7) is 0. The maximum absolute atomic E-state index is 12.2. The third-order valence-corrected chi connectivity index (χ3v) is 5.89. The number of hydrogen-bond donors (Lipinski definition) is 1. The number of carboxylic acids is 1. The van der Waals surface area contributed by atoms with Crippen molar-refractivity contribution < 1.29 is 9.90 Å². The van der Waals surface area contributed by atoms with Crippen molar-refractivity contribution in [1.82, 2.24) is 0 Å². The van der Waals surface area contributed by atoms with Gasteiger partial charge >= 0.3 is 5.97 Å². The van der Waals surface area contributed by atoms with Crippen LogP contribution in [0.25, 0.3) is 10.8 Å². The van der Waals surface area contributed by atoms with Gasteiger partial charge in [-0.05, 0) is 65.5 Å². The highest BCUT2D eigenvalue weighted by Gasteiger charge is 2.30. The molecule has 0 amide bonds. The van der Waals surface area contributed by atoms with E-state index in [2.05, 4.69) is 24.3 Å². The summed E-state index contributed by atoms with van der Waals surface area (Å²) < 4.78 is 0. The summed E-state index contributed by atoms with van der Waals surface area (Å²) in [5.74, 6) is 0.137. The van der Waals surface area contributed by atoms with Gasteiger partial charge in [-0.25, -0.2) is 4.79 Å². The van der Waals surface area contributed by atoms with Crippen LogP contribution in [0.15, 0.2) is 30.3 Å². The molecule has 0 saturated heterocycles. The van der Waals surface area contributed by atoms with Crippen molar-refractivity contribution in [2.24, 2.45) is 0 Å². The Labute approximate surface area is 137 Å². The van der Waals surface area contributed by atoms with E-state index in [1.54, 1.807) is 0 Å². The van der Waals surface area contributed by atoms with Gasteiger partial charge in [0.25, 0.3) is 0 Å². The van der Waals surface area contributed by atoms with Crippen LogP contribution in [0.2, 0.25) is 0 Å². The summed E-state index contributed by atoms with van der Waals surface area (Å²) in [7, 11) is 0. The molecular weight excluding hydrogens is 284 g/mol. The summed E-state index contributed by atoms with van der Waals surface area (Å²) in [5.41, 5.74) is 2.88. The predicted molar refractivity (Wildman–Crippen MR) is 93.3 cm³/mol. The molecule has 0 aliphatic heterocycles. The van der Waals surface area contributed by atoms with Crippen LogP contribution in [0.4, 0.5) is 0 Å². The summed E-state index contributed by atoms with van der Waals surface area (Å²) in [6, 6.07) is 10.6. The molecule has 0 unspecified atom stereocenters. The maximum atomic E-state index is 12.2. The number of hydrogen-bond acceptors (Lipinski definition) is 1. The Morgan fingerprint density at radius 1 is 0.913 bits per heavy atom. The SMILES string of the molecule is O=C(O)c1c(C2CCCC2)cc2ccccc2c1C1CCCC1. The second-order valence-corrected chi connectivity index (χ2v) is 7.24. The first-order valence-electron chi connectivity index (χ1n) is 9.04. The Morgan fingerprint density at radius 3 is 2.17 bits per heavy atom. The minimum Gasteiger partial charge on any atom is -0.478 e. The molecule has 2 fully saturated rings. The summed E-state index contributed by atoms with van der Waals surface area (Å²) in [6.07, 6.45) is 9.48. The highest BCUT2D eigenvalue weighted by molar-refractivity contribution is 6.00. The van der Waals surface area contributed by atoms with Crippen molar-refractivity contribution in [3.63, 3.8) is 0 Å². The first-order chi connectivity index (χ1) is 11.3. The molecule has 2 aromatic rings. The van der Waals surface area contributed by atoms with Crippen LogP contribution in [0, 0.1) is 0 Å². The van der Waals surface area contributed by atoms with Crippen LogP contribution in [0.3, 0.4) is 0 Å². The Bertz CT molecular complexity index is 735. The van der Waals surface area contributed by atoms with Crippen molar-refractivity contribution in [2.75, 3.05) is 0 Å². The fourth-order valence-corrected chi connectivity index (χ4v) is 4.83. The number of carbonyl (C=O) groups is 1. The van der Waals surface area contributed by atoms with Crippen LogP contribution in [-0.4, -0.2) is 11.1 Å². The van der Waals surface area contributed by atoms with Gasteiger partial charge in [0.15, 0.2) is 0 Å². The largest absolute Gasteiger partial charge is 0.478 e. The minimum absolute atomic E-state index is 0.423. The molecule has 0 heterocycles. The van der Waals surface area contributed by atoms with Crippen LogP contribution in [0.5, 0.6) is 0 Å². The van der Waals surface area contributed by atoms with Crippen LogP contribution in [0.1, 0.15) is 84.7 Å². The second-order valence-electron chi connectivity index (χ2n) is 7.24. The van der Waals surface area contributed by atoms with Gasteiger partial charge in [0.1, 0.15) is 0 Å². The van der Waals surface area contributed by atoms with E-state index in [0.29, 0.717) is 17.4 Å². The Hall–Kier alpha value is -1.83. The highest BCUT2D eigenvalue weighted by atomic mass is 16.4. The molecule has 120 valence electrons. The molecule has 0 atom stereocenters. The topological polar surface area (TPSA) is 37.3 Å². The van der Waals surface area contributed by atoms with Crippen molar-refractivity contribution in [3.8, 4) is 0 Å². The van der Waals surface area contributed by atoms with E-state index in [4.69, 9.17) is 0 Å². The third-order valence-electron chi connectivity index (χ3n) is 5.89. The molecule has 2 saturated carbocycles. The Morgan fingerprint density at radius 2 is 1.52 bits per heavy atom. The lowest BCUT2D eigenvalue weighted by molar-refractivity contribution is 0.0693. The fraction of sp³-hybridized carbons (Fsp3) is 0.476. The Balaban J connectivity index is 2.00. The molecule has 4 rings (SSSR count). The number of carboxylic acid groups (broad SMARTS) is 1. The number of fused-ring (bicyclic) bond motifs is 1. The predicted octanol–water partition coefficient (Wildman–Crippen LogP) is 5.85.